The van der Waals surface area contributed by atoms with Gasteiger partial charge in [0.05, 0.1) is 12.2 Å². The maximum atomic E-state index is 12.2. The van der Waals surface area contributed by atoms with Gasteiger partial charge in [-0.25, -0.2) is 0 Å². The number of carbonyl (C=O) groups is 2. The van der Waals surface area contributed by atoms with E-state index in [0.29, 0.717) is 12.1 Å². The van der Waals surface area contributed by atoms with E-state index in [1.54, 1.807) is 6.20 Å². The number of rotatable bonds is 6. The topological polar surface area (TPSA) is 59.1 Å². The van der Waals surface area contributed by atoms with Crippen molar-refractivity contribution in [3.05, 3.63) is 65.0 Å². The molecule has 0 saturated carbocycles. The van der Waals surface area contributed by atoms with E-state index in [1.165, 1.54) is 0 Å². The largest absolute Gasteiger partial charge is 0.350 e. The van der Waals surface area contributed by atoms with Gasteiger partial charge < -0.3 is 5.32 Å². The molecule has 0 atom stereocenters. The smallest absolute Gasteiger partial charge is 0.220 e. The third-order valence-electron chi connectivity index (χ3n) is 3.47. The second kappa shape index (κ2) is 7.50. The average Bonchev–Trinajstić information content (AvgIpc) is 2.54. The van der Waals surface area contributed by atoms with Crippen LogP contribution in [0.2, 0.25) is 0 Å². The standard InChI is InChI=1S/C18H20N2O2/c1-13-6-7-14(2)16(11-13)17(21)8-9-18(22)20-12-15-5-3-4-10-19-15/h3-7,10-11H,8-9,12H2,1-2H3,(H,20,22). The van der Waals surface area contributed by atoms with E-state index < -0.39 is 0 Å². The lowest BCUT2D eigenvalue weighted by atomic mass is 9.99. The Bertz CT molecular complexity index is 666. The summed E-state index contributed by atoms with van der Waals surface area (Å²) in [5.41, 5.74) is 3.51. The van der Waals surface area contributed by atoms with Gasteiger partial charge in [-0.05, 0) is 37.6 Å². The molecule has 4 heteroatoms. The Kier molecular flexibility index (Phi) is 5.42. The fourth-order valence-electron chi connectivity index (χ4n) is 2.18. The summed E-state index contributed by atoms with van der Waals surface area (Å²) in [6, 6.07) is 11.3. The molecule has 2 aromatic rings. The predicted octanol–water partition coefficient (Wildman–Crippen LogP) is 2.98. The van der Waals surface area contributed by atoms with Gasteiger partial charge >= 0.3 is 0 Å². The Labute approximate surface area is 130 Å². The van der Waals surface area contributed by atoms with Crippen molar-refractivity contribution in [2.45, 2.75) is 33.2 Å². The zero-order valence-corrected chi connectivity index (χ0v) is 12.9. The maximum Gasteiger partial charge on any atom is 0.220 e. The van der Waals surface area contributed by atoms with Gasteiger partial charge in [0.1, 0.15) is 0 Å². The van der Waals surface area contributed by atoms with Crippen molar-refractivity contribution in [3.8, 4) is 0 Å². The van der Waals surface area contributed by atoms with Crippen molar-refractivity contribution in [1.29, 1.82) is 0 Å². The molecule has 0 radical (unpaired) electrons. The molecular weight excluding hydrogens is 276 g/mol. The Balaban J connectivity index is 1.83. The molecule has 0 saturated heterocycles. The number of hydrogen-bond acceptors (Lipinski definition) is 3. The summed E-state index contributed by atoms with van der Waals surface area (Å²) < 4.78 is 0. The van der Waals surface area contributed by atoms with Gasteiger partial charge in [-0.2, -0.15) is 0 Å². The first-order valence-electron chi connectivity index (χ1n) is 7.33. The fraction of sp³-hybridized carbons (Fsp3) is 0.278. The highest BCUT2D eigenvalue weighted by Gasteiger charge is 2.11. The van der Waals surface area contributed by atoms with Crippen molar-refractivity contribution in [2.75, 3.05) is 0 Å². The molecule has 0 bridgehead atoms. The number of hydrogen-bond donors (Lipinski definition) is 1. The minimum absolute atomic E-state index is 0.00851. The minimum Gasteiger partial charge on any atom is -0.350 e. The lowest BCUT2D eigenvalue weighted by Crippen LogP contribution is -2.23. The van der Waals surface area contributed by atoms with Gasteiger partial charge in [-0.3, -0.25) is 14.6 Å². The van der Waals surface area contributed by atoms with Gasteiger partial charge in [0.2, 0.25) is 5.91 Å². The number of ketones is 1. The second-order valence-corrected chi connectivity index (χ2v) is 5.34. The number of aryl methyl sites for hydroxylation is 2. The highest BCUT2D eigenvalue weighted by molar-refractivity contribution is 5.99. The molecule has 1 aromatic carbocycles. The third kappa shape index (κ3) is 4.52. The number of pyridine rings is 1. The highest BCUT2D eigenvalue weighted by atomic mass is 16.2. The van der Waals surface area contributed by atoms with Crippen LogP contribution in [0.1, 0.15) is 40.0 Å². The van der Waals surface area contributed by atoms with E-state index in [2.05, 4.69) is 10.3 Å². The van der Waals surface area contributed by atoms with Gasteiger partial charge in [-0.15, -0.1) is 0 Å². The number of amides is 1. The summed E-state index contributed by atoms with van der Waals surface area (Å²) in [5.74, 6) is -0.126. The van der Waals surface area contributed by atoms with Crippen LogP contribution in [0.3, 0.4) is 0 Å². The molecule has 0 spiro atoms. The van der Waals surface area contributed by atoms with Crippen molar-refractivity contribution < 1.29 is 9.59 Å². The lowest BCUT2D eigenvalue weighted by molar-refractivity contribution is -0.121. The van der Waals surface area contributed by atoms with Gasteiger partial charge in [-0.1, -0.05) is 23.8 Å². The fourth-order valence-corrected chi connectivity index (χ4v) is 2.18. The molecule has 0 unspecified atom stereocenters. The Hall–Kier alpha value is -2.49. The number of nitrogens with zero attached hydrogens (tertiary/aromatic N) is 1. The molecule has 22 heavy (non-hydrogen) atoms. The zero-order chi connectivity index (χ0) is 15.9. The molecule has 0 aliphatic rings. The molecule has 0 aliphatic carbocycles. The van der Waals surface area contributed by atoms with E-state index in [9.17, 15) is 9.59 Å². The molecular formula is C18H20N2O2. The van der Waals surface area contributed by atoms with E-state index >= 15 is 0 Å². The summed E-state index contributed by atoms with van der Waals surface area (Å²) in [6.45, 7) is 4.25. The molecule has 0 fully saturated rings. The molecule has 1 N–H and O–H groups in total. The lowest BCUT2D eigenvalue weighted by Gasteiger charge is -2.07. The first-order valence-corrected chi connectivity index (χ1v) is 7.33. The third-order valence-corrected chi connectivity index (χ3v) is 3.47. The van der Waals surface area contributed by atoms with Crippen LogP contribution >= 0.6 is 0 Å². The summed E-state index contributed by atoms with van der Waals surface area (Å²) >= 11 is 0. The first-order chi connectivity index (χ1) is 10.6. The van der Waals surface area contributed by atoms with Crippen molar-refractivity contribution in [1.82, 2.24) is 10.3 Å². The van der Waals surface area contributed by atoms with E-state index in [0.717, 1.165) is 16.8 Å². The minimum atomic E-state index is -0.135. The summed E-state index contributed by atoms with van der Waals surface area (Å²) in [5, 5.41) is 2.78. The normalized spacial score (nSPS) is 10.3. The maximum absolute atomic E-state index is 12.2. The number of nitrogens with one attached hydrogen (secondary N) is 1. The van der Waals surface area contributed by atoms with Crippen LogP contribution in [0.15, 0.2) is 42.6 Å². The molecule has 0 aliphatic heterocycles. The molecule has 2 rings (SSSR count). The Morgan fingerprint density at radius 3 is 2.64 bits per heavy atom. The summed E-state index contributed by atoms with van der Waals surface area (Å²) in [6.07, 6.45) is 2.10. The van der Waals surface area contributed by atoms with Crippen molar-refractivity contribution in [3.63, 3.8) is 0 Å². The Morgan fingerprint density at radius 1 is 1.09 bits per heavy atom. The van der Waals surface area contributed by atoms with Crippen LogP contribution in [-0.4, -0.2) is 16.7 Å². The van der Waals surface area contributed by atoms with Crippen molar-refractivity contribution >= 4 is 11.7 Å². The van der Waals surface area contributed by atoms with Crippen LogP contribution in [-0.2, 0) is 11.3 Å². The monoisotopic (exact) mass is 296 g/mol. The SMILES string of the molecule is Cc1ccc(C)c(C(=O)CCC(=O)NCc2ccccn2)c1. The summed E-state index contributed by atoms with van der Waals surface area (Å²) in [4.78, 5) is 28.2. The van der Waals surface area contributed by atoms with E-state index in [1.807, 2.05) is 50.2 Å². The first kappa shape index (κ1) is 15.9. The van der Waals surface area contributed by atoms with Gasteiger partial charge in [0, 0.05) is 24.6 Å². The molecule has 1 amide bonds. The van der Waals surface area contributed by atoms with Crippen LogP contribution in [0, 0.1) is 13.8 Å². The number of Topliss-reactive ketones (excluding diaryl/α,β-unsaturated/α-hetero) is 1. The average molecular weight is 296 g/mol. The molecule has 114 valence electrons. The second-order valence-electron chi connectivity index (χ2n) is 5.34. The summed E-state index contributed by atoms with van der Waals surface area (Å²) in [7, 11) is 0. The van der Waals surface area contributed by atoms with Gasteiger partial charge in [0.25, 0.3) is 0 Å². The number of benzene rings is 1. The van der Waals surface area contributed by atoms with Crippen LogP contribution in [0.25, 0.3) is 0 Å². The van der Waals surface area contributed by atoms with Crippen LogP contribution < -0.4 is 5.32 Å². The zero-order valence-electron chi connectivity index (χ0n) is 12.9. The number of aromatic nitrogens is 1. The quantitative estimate of drug-likeness (QED) is 0.834. The molecule has 1 aromatic heterocycles. The number of carbonyl (C=O) groups excluding carboxylic acids is 2. The molecule has 4 nitrogen and oxygen atoms in total. The van der Waals surface area contributed by atoms with E-state index in [4.69, 9.17) is 0 Å². The van der Waals surface area contributed by atoms with E-state index in [-0.39, 0.29) is 24.5 Å². The van der Waals surface area contributed by atoms with Crippen molar-refractivity contribution in [2.24, 2.45) is 0 Å². The Morgan fingerprint density at radius 2 is 1.91 bits per heavy atom. The van der Waals surface area contributed by atoms with Crippen LogP contribution in [0.4, 0.5) is 0 Å². The van der Waals surface area contributed by atoms with Crippen LogP contribution in [0.5, 0.6) is 0 Å². The molecule has 1 heterocycles. The van der Waals surface area contributed by atoms with Gasteiger partial charge in [0.15, 0.2) is 5.78 Å². The highest BCUT2D eigenvalue weighted by Crippen LogP contribution is 2.13. The predicted molar refractivity (Wildman–Crippen MR) is 85.6 cm³/mol.